The molecule has 2 N–H and O–H groups in total. The topological polar surface area (TPSA) is 62.3 Å². The Kier molecular flexibility index (Phi) is 3.38. The number of hydrogen-bond acceptors (Lipinski definition) is 4. The van der Waals surface area contributed by atoms with Gasteiger partial charge in [-0.25, -0.2) is 0 Å². The molecular weight excluding hydrogens is 242 g/mol. The van der Waals surface area contributed by atoms with Gasteiger partial charge in [-0.1, -0.05) is 0 Å². The van der Waals surface area contributed by atoms with E-state index in [0.717, 1.165) is 33.9 Å². The first-order valence-corrected chi connectivity index (χ1v) is 6.01. The van der Waals surface area contributed by atoms with E-state index in [4.69, 9.17) is 15.2 Å². The van der Waals surface area contributed by atoms with E-state index in [-0.39, 0.29) is 0 Å². The summed E-state index contributed by atoms with van der Waals surface area (Å²) in [4.78, 5) is 0. The van der Waals surface area contributed by atoms with Crippen molar-refractivity contribution in [2.24, 2.45) is 7.05 Å². The van der Waals surface area contributed by atoms with Gasteiger partial charge < -0.3 is 15.2 Å². The maximum atomic E-state index is 6.00. The standard InChI is InChI=1S/C14H19N3O2/c1-8-9(2)14(19-5)10(6-12(8)18-4)13-11(15)7-16-17(13)3/h6-7H,15H2,1-5H3. The van der Waals surface area contributed by atoms with Crippen molar-refractivity contribution in [3.63, 3.8) is 0 Å². The van der Waals surface area contributed by atoms with Gasteiger partial charge in [0.25, 0.3) is 0 Å². The molecule has 1 heterocycles. The van der Waals surface area contributed by atoms with Crippen LogP contribution in [-0.4, -0.2) is 24.0 Å². The van der Waals surface area contributed by atoms with Crippen LogP contribution in [0, 0.1) is 13.8 Å². The summed E-state index contributed by atoms with van der Waals surface area (Å²) in [6.07, 6.45) is 1.64. The van der Waals surface area contributed by atoms with Crippen molar-refractivity contribution in [1.29, 1.82) is 0 Å². The molecule has 0 aliphatic heterocycles. The second-order valence-corrected chi connectivity index (χ2v) is 4.48. The molecule has 102 valence electrons. The van der Waals surface area contributed by atoms with Crippen molar-refractivity contribution < 1.29 is 9.47 Å². The second-order valence-electron chi connectivity index (χ2n) is 4.48. The Morgan fingerprint density at radius 3 is 2.32 bits per heavy atom. The molecular formula is C14H19N3O2. The van der Waals surface area contributed by atoms with Gasteiger partial charge in [0.05, 0.1) is 31.8 Å². The van der Waals surface area contributed by atoms with E-state index in [9.17, 15) is 0 Å². The molecule has 2 aromatic rings. The molecule has 0 saturated heterocycles. The molecule has 0 saturated carbocycles. The molecule has 1 aromatic heterocycles. The SMILES string of the molecule is COc1cc(-c2c(N)cnn2C)c(OC)c(C)c1C. The number of aryl methyl sites for hydroxylation is 1. The number of rotatable bonds is 3. The molecule has 2 rings (SSSR count). The van der Waals surface area contributed by atoms with Crippen molar-refractivity contribution >= 4 is 5.69 Å². The molecule has 5 nitrogen and oxygen atoms in total. The average molecular weight is 261 g/mol. The number of nitrogen functional groups attached to an aromatic ring is 1. The predicted octanol–water partition coefficient (Wildman–Crippen LogP) is 2.30. The number of hydrogen-bond donors (Lipinski definition) is 1. The lowest BCUT2D eigenvalue weighted by molar-refractivity contribution is 0.399. The molecule has 0 atom stereocenters. The molecule has 0 spiro atoms. The Hall–Kier alpha value is -2.17. The Bertz CT molecular complexity index is 598. The summed E-state index contributed by atoms with van der Waals surface area (Å²) in [6, 6.07) is 1.94. The minimum Gasteiger partial charge on any atom is -0.496 e. The summed E-state index contributed by atoms with van der Waals surface area (Å²) < 4.78 is 12.7. The van der Waals surface area contributed by atoms with E-state index in [1.54, 1.807) is 25.1 Å². The van der Waals surface area contributed by atoms with Gasteiger partial charge in [-0.05, 0) is 31.0 Å². The fourth-order valence-corrected chi connectivity index (χ4v) is 2.30. The fraction of sp³-hybridized carbons (Fsp3) is 0.357. The molecule has 0 bridgehead atoms. The lowest BCUT2D eigenvalue weighted by Crippen LogP contribution is -2.02. The summed E-state index contributed by atoms with van der Waals surface area (Å²) >= 11 is 0. The maximum Gasteiger partial charge on any atom is 0.131 e. The van der Waals surface area contributed by atoms with Crippen molar-refractivity contribution in [2.45, 2.75) is 13.8 Å². The lowest BCUT2D eigenvalue weighted by Gasteiger charge is -2.17. The van der Waals surface area contributed by atoms with Crippen LogP contribution < -0.4 is 15.2 Å². The zero-order valence-corrected chi connectivity index (χ0v) is 11.9. The van der Waals surface area contributed by atoms with Gasteiger partial charge >= 0.3 is 0 Å². The van der Waals surface area contributed by atoms with Crippen LogP contribution in [0.2, 0.25) is 0 Å². The van der Waals surface area contributed by atoms with Crippen LogP contribution in [0.15, 0.2) is 12.3 Å². The van der Waals surface area contributed by atoms with Crippen molar-refractivity contribution in [1.82, 2.24) is 9.78 Å². The number of methoxy groups -OCH3 is 2. The van der Waals surface area contributed by atoms with Crippen LogP contribution in [-0.2, 0) is 7.05 Å². The van der Waals surface area contributed by atoms with Gasteiger partial charge in [-0.2, -0.15) is 5.10 Å². The number of nitrogens with zero attached hydrogens (tertiary/aromatic N) is 2. The highest BCUT2D eigenvalue weighted by Crippen LogP contribution is 2.41. The van der Waals surface area contributed by atoms with Crippen molar-refractivity contribution in [3.8, 4) is 22.8 Å². The summed E-state index contributed by atoms with van der Waals surface area (Å²) in [5, 5.41) is 4.17. The third-order valence-electron chi connectivity index (χ3n) is 3.44. The molecule has 1 aromatic carbocycles. The highest BCUT2D eigenvalue weighted by Gasteiger charge is 2.19. The quantitative estimate of drug-likeness (QED) is 0.921. The summed E-state index contributed by atoms with van der Waals surface area (Å²) in [5.41, 5.74) is 10.4. The Balaban J connectivity index is 2.79. The van der Waals surface area contributed by atoms with E-state index in [1.165, 1.54) is 0 Å². The molecule has 0 fully saturated rings. The Morgan fingerprint density at radius 2 is 1.84 bits per heavy atom. The minimum absolute atomic E-state index is 0.617. The third-order valence-corrected chi connectivity index (χ3v) is 3.44. The number of benzene rings is 1. The second kappa shape index (κ2) is 4.84. The highest BCUT2D eigenvalue weighted by molar-refractivity contribution is 5.80. The molecule has 0 radical (unpaired) electrons. The summed E-state index contributed by atoms with van der Waals surface area (Å²) in [6.45, 7) is 4.01. The molecule has 0 amide bonds. The fourth-order valence-electron chi connectivity index (χ4n) is 2.30. The first-order valence-electron chi connectivity index (χ1n) is 6.01. The Labute approximate surface area is 112 Å². The van der Waals surface area contributed by atoms with Crippen LogP contribution in [0.3, 0.4) is 0 Å². The van der Waals surface area contributed by atoms with Crippen LogP contribution in [0.4, 0.5) is 5.69 Å². The highest BCUT2D eigenvalue weighted by atomic mass is 16.5. The normalized spacial score (nSPS) is 10.6. The van der Waals surface area contributed by atoms with E-state index in [0.29, 0.717) is 5.69 Å². The monoisotopic (exact) mass is 261 g/mol. The van der Waals surface area contributed by atoms with Gasteiger partial charge in [0.2, 0.25) is 0 Å². The van der Waals surface area contributed by atoms with Gasteiger partial charge in [-0.15, -0.1) is 0 Å². The summed E-state index contributed by atoms with van der Waals surface area (Å²) in [5.74, 6) is 1.61. The third kappa shape index (κ3) is 2.01. The Morgan fingerprint density at radius 1 is 1.16 bits per heavy atom. The zero-order valence-electron chi connectivity index (χ0n) is 11.9. The molecule has 19 heavy (non-hydrogen) atoms. The van der Waals surface area contributed by atoms with Crippen molar-refractivity contribution in [2.75, 3.05) is 20.0 Å². The minimum atomic E-state index is 0.617. The zero-order chi connectivity index (χ0) is 14.2. The van der Waals surface area contributed by atoms with Gasteiger partial charge in [-0.3, -0.25) is 4.68 Å². The maximum absolute atomic E-state index is 6.00. The largest absolute Gasteiger partial charge is 0.496 e. The smallest absolute Gasteiger partial charge is 0.131 e. The molecule has 0 unspecified atom stereocenters. The average Bonchev–Trinajstić information content (AvgIpc) is 2.72. The van der Waals surface area contributed by atoms with Gasteiger partial charge in [0.15, 0.2) is 0 Å². The molecule has 0 aliphatic carbocycles. The number of ether oxygens (including phenoxy) is 2. The van der Waals surface area contributed by atoms with Crippen LogP contribution in [0.5, 0.6) is 11.5 Å². The lowest BCUT2D eigenvalue weighted by atomic mass is 10.0. The summed E-state index contributed by atoms with van der Waals surface area (Å²) in [7, 11) is 5.17. The molecule has 0 aliphatic rings. The first kappa shape index (κ1) is 13.3. The van der Waals surface area contributed by atoms with Crippen LogP contribution in [0.1, 0.15) is 11.1 Å². The van der Waals surface area contributed by atoms with E-state index in [2.05, 4.69) is 5.10 Å². The van der Waals surface area contributed by atoms with Gasteiger partial charge in [0, 0.05) is 12.6 Å². The van der Waals surface area contributed by atoms with E-state index < -0.39 is 0 Å². The number of aromatic nitrogens is 2. The predicted molar refractivity (Wildman–Crippen MR) is 75.6 cm³/mol. The van der Waals surface area contributed by atoms with E-state index in [1.807, 2.05) is 27.0 Å². The van der Waals surface area contributed by atoms with Crippen molar-refractivity contribution in [3.05, 3.63) is 23.4 Å². The van der Waals surface area contributed by atoms with E-state index >= 15 is 0 Å². The van der Waals surface area contributed by atoms with Crippen LogP contribution >= 0.6 is 0 Å². The van der Waals surface area contributed by atoms with Gasteiger partial charge in [0.1, 0.15) is 11.5 Å². The first-order chi connectivity index (χ1) is 9.01. The molecule has 5 heteroatoms. The van der Waals surface area contributed by atoms with Crippen LogP contribution in [0.25, 0.3) is 11.3 Å². The number of nitrogens with two attached hydrogens (primary N) is 1. The number of anilines is 1.